The maximum atomic E-state index is 15.1. The molecule has 9 nitrogen and oxygen atoms in total. The first-order valence-electron chi connectivity index (χ1n) is 14.2. The lowest BCUT2D eigenvalue weighted by molar-refractivity contribution is 0.0950. The summed E-state index contributed by atoms with van der Waals surface area (Å²) in [7, 11) is -3.16. The first kappa shape index (κ1) is 30.4. The smallest absolute Gasteiger partial charge is 0.258 e. The summed E-state index contributed by atoms with van der Waals surface area (Å²) in [5.74, 6) is 3.28. The van der Waals surface area contributed by atoms with Crippen molar-refractivity contribution in [2.45, 2.75) is 57.1 Å². The minimum Gasteiger partial charge on any atom is -0.396 e. The second-order valence-electron chi connectivity index (χ2n) is 12.2. The largest absolute Gasteiger partial charge is 0.396 e. The van der Waals surface area contributed by atoms with E-state index >= 15 is 4.39 Å². The molecule has 4 N–H and O–H groups in total. The topological polar surface area (TPSA) is 124 Å². The lowest BCUT2D eigenvalue weighted by Gasteiger charge is -2.35. The number of benzene rings is 2. The van der Waals surface area contributed by atoms with Crippen molar-refractivity contribution in [3.63, 3.8) is 0 Å². The minimum atomic E-state index is -3.16. The Morgan fingerprint density at radius 3 is 2.62 bits per heavy atom. The maximum Gasteiger partial charge on any atom is 0.258 e. The van der Waals surface area contributed by atoms with Crippen LogP contribution in [0.25, 0.3) is 21.9 Å². The average Bonchev–Trinajstić information content (AvgIpc) is 3.79. The van der Waals surface area contributed by atoms with Crippen LogP contribution in [-0.4, -0.2) is 80.0 Å². The average molecular weight is 599 g/mol. The van der Waals surface area contributed by atoms with E-state index in [1.165, 1.54) is 10.6 Å². The van der Waals surface area contributed by atoms with Gasteiger partial charge in [-0.1, -0.05) is 19.9 Å². The Kier molecular flexibility index (Phi) is 8.34. The van der Waals surface area contributed by atoms with Crippen molar-refractivity contribution < 1.29 is 23.6 Å². The molecule has 0 radical (unpaired) electrons. The number of carbonyl (C=O) groups excluding carboxylic acids is 1. The summed E-state index contributed by atoms with van der Waals surface area (Å²) in [5.41, 5.74) is 0.680. The van der Waals surface area contributed by atoms with Crippen LogP contribution in [0.2, 0.25) is 0 Å². The molecule has 1 aromatic heterocycles. The summed E-state index contributed by atoms with van der Waals surface area (Å²) in [6.07, 6.45) is 3.37. The van der Waals surface area contributed by atoms with Gasteiger partial charge in [0.2, 0.25) is 0 Å². The number of hydrogen-bond donors (Lipinski definition) is 4. The number of fused-ring (bicyclic) bond motifs is 1. The van der Waals surface area contributed by atoms with Crippen LogP contribution in [0.4, 0.5) is 4.39 Å². The highest BCUT2D eigenvalue weighted by Gasteiger charge is 2.29. The van der Waals surface area contributed by atoms with Gasteiger partial charge in [0.25, 0.3) is 11.5 Å². The van der Waals surface area contributed by atoms with E-state index in [9.17, 15) is 24.0 Å². The van der Waals surface area contributed by atoms with E-state index in [2.05, 4.69) is 16.5 Å². The number of hydrogen-bond acceptors (Lipinski definition) is 6. The molecule has 2 atom stereocenters. The first-order chi connectivity index (χ1) is 19.8. The number of aliphatic hydroxyl groups excluding tert-OH is 2. The molecule has 0 bridgehead atoms. The van der Waals surface area contributed by atoms with E-state index in [0.29, 0.717) is 52.0 Å². The van der Waals surface area contributed by atoms with Crippen LogP contribution in [0.5, 0.6) is 0 Å². The number of aliphatic hydroxyl groups is 2. The molecule has 1 saturated heterocycles. The fourth-order valence-corrected chi connectivity index (χ4v) is 7.23. The Morgan fingerprint density at radius 2 is 1.95 bits per heavy atom. The summed E-state index contributed by atoms with van der Waals surface area (Å²) < 4.78 is 32.9. The molecule has 2 aromatic carbocycles. The Bertz CT molecular complexity index is 1700. The number of nitrogens with one attached hydrogen (secondary N) is 2. The lowest BCUT2D eigenvalue weighted by Crippen LogP contribution is -2.53. The zero-order chi connectivity index (χ0) is 30.4. The van der Waals surface area contributed by atoms with E-state index in [0.717, 1.165) is 12.8 Å². The van der Waals surface area contributed by atoms with Gasteiger partial charge in [0.05, 0.1) is 21.2 Å². The molecule has 3 aromatic rings. The third kappa shape index (κ3) is 6.02. The molecule has 1 amide bonds. The number of pyridine rings is 1. The quantitative estimate of drug-likeness (QED) is 0.280. The van der Waals surface area contributed by atoms with Crippen LogP contribution in [0.3, 0.4) is 0 Å². The molecule has 5 rings (SSSR count). The predicted molar refractivity (Wildman–Crippen MR) is 164 cm³/mol. The highest BCUT2D eigenvalue weighted by Crippen LogP contribution is 2.33. The molecule has 42 heavy (non-hydrogen) atoms. The van der Waals surface area contributed by atoms with Crippen LogP contribution in [0, 0.1) is 18.2 Å². The third-order valence-corrected chi connectivity index (χ3v) is 10.3. The van der Waals surface area contributed by atoms with Gasteiger partial charge in [-0.25, -0.2) is 12.9 Å². The summed E-state index contributed by atoms with van der Waals surface area (Å²) in [5, 5.41) is 26.5. The number of carbonyl (C=O) groups is 1. The van der Waals surface area contributed by atoms with Gasteiger partial charge in [-0.15, -0.1) is 0 Å². The Labute approximate surface area is 245 Å². The Morgan fingerprint density at radius 1 is 1.21 bits per heavy atom. The summed E-state index contributed by atoms with van der Waals surface area (Å²) in [4.78, 5) is 26.8. The summed E-state index contributed by atoms with van der Waals surface area (Å²) in [6, 6.07) is 7.77. The van der Waals surface area contributed by atoms with Crippen LogP contribution in [-0.2, 0) is 16.3 Å². The van der Waals surface area contributed by atoms with Gasteiger partial charge < -0.3 is 25.4 Å². The molecule has 0 spiro atoms. The Balaban J connectivity index is 1.69. The molecule has 1 aliphatic heterocycles. The first-order valence-corrected chi connectivity index (χ1v) is 15.9. The number of nitrogens with zero attached hydrogens (tertiary/aromatic N) is 2. The van der Waals surface area contributed by atoms with Crippen molar-refractivity contribution in [3.05, 3.63) is 63.8 Å². The molecule has 1 saturated carbocycles. The predicted octanol–water partition coefficient (Wildman–Crippen LogP) is 2.28. The molecule has 1 aliphatic carbocycles. The molecule has 226 valence electrons. The van der Waals surface area contributed by atoms with Crippen molar-refractivity contribution in [2.75, 3.05) is 32.8 Å². The SMILES string of the molecule is C=S(=O)(c1cn(CC(C)(C)CO)c(=O)c2ccc(-c3cc(C(=O)NC4CC4)cc(F)c3C)cc12)N1CCNC(CO)C1. The lowest BCUT2D eigenvalue weighted by atomic mass is 9.94. The van der Waals surface area contributed by atoms with Crippen LogP contribution >= 0.6 is 0 Å². The highest BCUT2D eigenvalue weighted by molar-refractivity contribution is 7.98. The second-order valence-corrected chi connectivity index (χ2v) is 14.5. The normalized spacial score (nSPS) is 19.5. The summed E-state index contributed by atoms with van der Waals surface area (Å²) in [6.45, 7) is 6.42. The summed E-state index contributed by atoms with van der Waals surface area (Å²) >= 11 is 0. The van der Waals surface area contributed by atoms with Crippen molar-refractivity contribution in [1.29, 1.82) is 0 Å². The molecule has 2 heterocycles. The van der Waals surface area contributed by atoms with E-state index in [1.54, 1.807) is 41.7 Å². The zero-order valence-corrected chi connectivity index (χ0v) is 25.1. The Hall–Kier alpha value is -3.09. The fourth-order valence-electron chi connectivity index (χ4n) is 5.34. The molecular formula is C31H39FN4O5S. The van der Waals surface area contributed by atoms with E-state index in [4.69, 9.17) is 0 Å². The van der Waals surface area contributed by atoms with Crippen molar-refractivity contribution in [2.24, 2.45) is 5.41 Å². The molecular weight excluding hydrogens is 559 g/mol. The number of halogens is 1. The fraction of sp³-hybridized carbons (Fsp3) is 0.452. The van der Waals surface area contributed by atoms with Crippen molar-refractivity contribution >= 4 is 32.3 Å². The van der Waals surface area contributed by atoms with Gasteiger partial charge in [0, 0.05) is 72.8 Å². The van der Waals surface area contributed by atoms with Gasteiger partial charge in [0.15, 0.2) is 0 Å². The van der Waals surface area contributed by atoms with E-state index in [-0.39, 0.29) is 48.9 Å². The van der Waals surface area contributed by atoms with Crippen molar-refractivity contribution in [1.82, 2.24) is 19.5 Å². The molecule has 2 fully saturated rings. The van der Waals surface area contributed by atoms with Gasteiger partial charge in [-0.3, -0.25) is 9.59 Å². The molecule has 2 unspecified atom stereocenters. The van der Waals surface area contributed by atoms with Crippen LogP contribution in [0.15, 0.2) is 46.2 Å². The monoisotopic (exact) mass is 598 g/mol. The second kappa shape index (κ2) is 11.5. The number of aromatic nitrogens is 1. The van der Waals surface area contributed by atoms with Gasteiger partial charge in [-0.2, -0.15) is 0 Å². The van der Waals surface area contributed by atoms with Crippen LogP contribution < -0.4 is 16.2 Å². The van der Waals surface area contributed by atoms with Gasteiger partial charge >= 0.3 is 0 Å². The van der Waals surface area contributed by atoms with Gasteiger partial charge in [-0.05, 0) is 66.6 Å². The molecule has 2 aliphatic rings. The van der Waals surface area contributed by atoms with E-state index in [1.807, 2.05) is 13.8 Å². The minimum absolute atomic E-state index is 0.118. The number of rotatable bonds is 9. The van der Waals surface area contributed by atoms with E-state index < -0.39 is 20.9 Å². The third-order valence-electron chi connectivity index (χ3n) is 8.11. The number of piperazine rings is 1. The van der Waals surface area contributed by atoms with Crippen LogP contribution in [0.1, 0.15) is 42.6 Å². The number of amides is 1. The standard InChI is InChI=1S/C31H39FN4O5S/c1-19-25(12-21(13-27(19)32)29(39)34-22-6-7-22)20-5-8-24-26(11-20)28(15-35(30(24)40)17-31(2,3)18-38)42(4,41)36-10-9-33-23(14-36)16-37/h5,8,11-13,15,22-23,33,37-38H,4,6-7,9-10,14,16-18H2,1-3H3,(H,34,39). The van der Waals surface area contributed by atoms with Crippen molar-refractivity contribution in [3.8, 4) is 11.1 Å². The zero-order valence-electron chi connectivity index (χ0n) is 24.3. The maximum absolute atomic E-state index is 15.1. The highest BCUT2D eigenvalue weighted by atomic mass is 32.2. The van der Waals surface area contributed by atoms with Gasteiger partial charge in [0.1, 0.15) is 5.82 Å². The molecule has 11 heteroatoms.